The zero-order chi connectivity index (χ0) is 19.0. The minimum atomic E-state index is -3.06. The number of nitrogens with zero attached hydrogens (tertiary/aromatic N) is 1. The molecule has 8 heteroatoms. The maximum Gasteiger partial charge on any atom is 0.265 e. The van der Waals surface area contributed by atoms with Crippen molar-refractivity contribution in [2.45, 2.75) is 31.3 Å². The van der Waals surface area contributed by atoms with Gasteiger partial charge in [0.15, 0.2) is 9.84 Å². The van der Waals surface area contributed by atoms with E-state index < -0.39 is 9.84 Å². The maximum atomic E-state index is 13.1. The van der Waals surface area contributed by atoms with Crippen LogP contribution < -0.4 is 5.32 Å². The summed E-state index contributed by atoms with van der Waals surface area (Å²) in [6.07, 6.45) is 2.33. The minimum absolute atomic E-state index is 0.0457. The molecule has 1 saturated carbocycles. The first-order valence-electron chi connectivity index (χ1n) is 8.91. The van der Waals surface area contributed by atoms with Crippen LogP contribution in [0.3, 0.4) is 0 Å². The van der Waals surface area contributed by atoms with Crippen LogP contribution in [0, 0.1) is 0 Å². The predicted molar refractivity (Wildman–Crippen MR) is 105 cm³/mol. The van der Waals surface area contributed by atoms with Crippen molar-refractivity contribution in [2.24, 2.45) is 0 Å². The van der Waals surface area contributed by atoms with Gasteiger partial charge in [-0.1, -0.05) is 12.1 Å². The first-order valence-corrected chi connectivity index (χ1v) is 11.6. The second kappa shape index (κ2) is 7.09. The van der Waals surface area contributed by atoms with E-state index in [-0.39, 0.29) is 35.4 Å². The molecule has 0 spiro atoms. The largest absolute Gasteiger partial charge is 0.332 e. The van der Waals surface area contributed by atoms with Crippen molar-refractivity contribution in [1.29, 1.82) is 0 Å². The van der Waals surface area contributed by atoms with Crippen molar-refractivity contribution in [2.75, 3.05) is 16.8 Å². The van der Waals surface area contributed by atoms with Gasteiger partial charge in [-0.3, -0.25) is 9.59 Å². The molecule has 1 N–H and O–H groups in total. The Bertz CT molecular complexity index is 965. The van der Waals surface area contributed by atoms with Crippen LogP contribution in [0.4, 0.5) is 5.69 Å². The molecule has 1 aliphatic carbocycles. The van der Waals surface area contributed by atoms with Gasteiger partial charge >= 0.3 is 0 Å². The highest BCUT2D eigenvalue weighted by molar-refractivity contribution is 7.91. The molecular weight excluding hydrogens is 384 g/mol. The Morgan fingerprint density at radius 1 is 1.07 bits per heavy atom. The van der Waals surface area contributed by atoms with Crippen molar-refractivity contribution in [1.82, 2.24) is 4.90 Å². The predicted octanol–water partition coefficient (Wildman–Crippen LogP) is 2.79. The molecular formula is C19H20N2O4S2. The summed E-state index contributed by atoms with van der Waals surface area (Å²) < 4.78 is 23.7. The van der Waals surface area contributed by atoms with E-state index in [0.29, 0.717) is 22.5 Å². The quantitative estimate of drug-likeness (QED) is 0.831. The number of hydrogen-bond donors (Lipinski definition) is 1. The van der Waals surface area contributed by atoms with E-state index in [1.54, 1.807) is 35.2 Å². The number of sulfone groups is 1. The highest BCUT2D eigenvalue weighted by atomic mass is 32.2. The number of hydrogen-bond acceptors (Lipinski definition) is 5. The molecule has 1 aliphatic heterocycles. The van der Waals surface area contributed by atoms with Gasteiger partial charge in [0.1, 0.15) is 0 Å². The van der Waals surface area contributed by atoms with Gasteiger partial charge < -0.3 is 10.2 Å². The number of carbonyl (C=O) groups excluding carboxylic acids is 2. The lowest BCUT2D eigenvalue weighted by molar-refractivity contribution is 0.0680. The fourth-order valence-electron chi connectivity index (χ4n) is 3.46. The van der Waals surface area contributed by atoms with Crippen LogP contribution >= 0.6 is 11.3 Å². The first kappa shape index (κ1) is 18.2. The van der Waals surface area contributed by atoms with E-state index in [2.05, 4.69) is 5.32 Å². The fourth-order valence-corrected chi connectivity index (χ4v) is 5.79. The van der Waals surface area contributed by atoms with Crippen LogP contribution in [0.25, 0.3) is 0 Å². The summed E-state index contributed by atoms with van der Waals surface area (Å²) in [5, 5.41) is 4.64. The second-order valence-corrected chi connectivity index (χ2v) is 10.2. The lowest BCUT2D eigenvalue weighted by atomic mass is 10.1. The molecule has 1 aromatic heterocycles. The van der Waals surface area contributed by atoms with E-state index in [0.717, 1.165) is 12.8 Å². The van der Waals surface area contributed by atoms with Gasteiger partial charge in [-0.15, -0.1) is 11.3 Å². The number of carbonyl (C=O) groups is 2. The average Bonchev–Trinajstić information content (AvgIpc) is 3.16. The van der Waals surface area contributed by atoms with Crippen molar-refractivity contribution >= 4 is 38.7 Å². The number of benzene rings is 1. The Kier molecular flexibility index (Phi) is 4.77. The molecule has 2 amide bonds. The molecule has 2 heterocycles. The van der Waals surface area contributed by atoms with E-state index >= 15 is 0 Å². The lowest BCUT2D eigenvalue weighted by Crippen LogP contribution is -2.42. The number of amides is 2. The van der Waals surface area contributed by atoms with Gasteiger partial charge in [0.2, 0.25) is 0 Å². The average molecular weight is 405 g/mol. The molecule has 27 heavy (non-hydrogen) atoms. The SMILES string of the molecule is O=C(Nc1cccc(C(=O)N(C2CC2)C2CCS(=O)(=O)C2)c1)c1cccs1. The maximum absolute atomic E-state index is 13.1. The highest BCUT2D eigenvalue weighted by Gasteiger charge is 2.42. The molecule has 1 aromatic carbocycles. The normalized spacial score (nSPS) is 21.0. The van der Waals surface area contributed by atoms with Crippen LogP contribution in [0.1, 0.15) is 39.3 Å². The number of thiophene rings is 1. The van der Waals surface area contributed by atoms with E-state index in [4.69, 9.17) is 0 Å². The van der Waals surface area contributed by atoms with Gasteiger partial charge in [-0.25, -0.2) is 8.42 Å². The summed E-state index contributed by atoms with van der Waals surface area (Å²) in [6, 6.07) is 10.3. The lowest BCUT2D eigenvalue weighted by Gasteiger charge is -2.28. The molecule has 0 radical (unpaired) electrons. The minimum Gasteiger partial charge on any atom is -0.332 e. The summed E-state index contributed by atoms with van der Waals surface area (Å²) in [4.78, 5) is 27.7. The van der Waals surface area contributed by atoms with Crippen molar-refractivity contribution in [3.63, 3.8) is 0 Å². The van der Waals surface area contributed by atoms with Crippen LogP contribution in [0.2, 0.25) is 0 Å². The number of anilines is 1. The molecule has 4 rings (SSSR count). The van der Waals surface area contributed by atoms with Gasteiger partial charge in [0, 0.05) is 23.3 Å². The van der Waals surface area contributed by atoms with Crippen molar-refractivity contribution < 1.29 is 18.0 Å². The highest BCUT2D eigenvalue weighted by Crippen LogP contribution is 2.33. The van der Waals surface area contributed by atoms with Crippen molar-refractivity contribution in [3.05, 3.63) is 52.2 Å². The van der Waals surface area contributed by atoms with Gasteiger partial charge in [-0.2, -0.15) is 0 Å². The summed E-state index contributed by atoms with van der Waals surface area (Å²) in [5.41, 5.74) is 1.02. The monoisotopic (exact) mass is 404 g/mol. The molecule has 142 valence electrons. The smallest absolute Gasteiger partial charge is 0.265 e. The Morgan fingerprint density at radius 2 is 1.89 bits per heavy atom. The van der Waals surface area contributed by atoms with E-state index in [9.17, 15) is 18.0 Å². The van der Waals surface area contributed by atoms with Crippen LogP contribution in [-0.4, -0.2) is 48.7 Å². The van der Waals surface area contributed by atoms with Crippen molar-refractivity contribution in [3.8, 4) is 0 Å². The molecule has 2 aromatic rings. The summed E-state index contributed by atoms with van der Waals surface area (Å²) in [7, 11) is -3.06. The fraction of sp³-hybridized carbons (Fsp3) is 0.368. The Morgan fingerprint density at radius 3 is 2.52 bits per heavy atom. The molecule has 6 nitrogen and oxygen atoms in total. The van der Waals surface area contributed by atoms with Crippen LogP contribution in [0.15, 0.2) is 41.8 Å². The summed E-state index contributed by atoms with van der Waals surface area (Å²) >= 11 is 1.35. The molecule has 2 fully saturated rings. The zero-order valence-corrected chi connectivity index (χ0v) is 16.3. The first-order chi connectivity index (χ1) is 12.9. The molecule has 1 saturated heterocycles. The summed E-state index contributed by atoms with van der Waals surface area (Å²) in [5.74, 6) is -0.183. The van der Waals surface area contributed by atoms with Crippen LogP contribution in [0.5, 0.6) is 0 Å². The standard InChI is InChI=1S/C19H20N2O4S2/c22-18(17-5-2-9-26-17)20-14-4-1-3-13(11-14)19(23)21(15-6-7-15)16-8-10-27(24,25)12-16/h1-5,9,11,15-16H,6-8,10,12H2,(H,20,22). The Labute approximate surface area is 162 Å². The number of rotatable bonds is 5. The van der Waals surface area contributed by atoms with Gasteiger partial charge in [0.25, 0.3) is 11.8 Å². The number of nitrogens with one attached hydrogen (secondary N) is 1. The van der Waals surface area contributed by atoms with E-state index in [1.807, 2.05) is 11.4 Å². The topological polar surface area (TPSA) is 83.6 Å². The zero-order valence-electron chi connectivity index (χ0n) is 14.6. The van der Waals surface area contributed by atoms with E-state index in [1.165, 1.54) is 11.3 Å². The third kappa shape index (κ3) is 4.06. The Hall–Kier alpha value is -2.19. The molecule has 2 aliphatic rings. The molecule has 0 bridgehead atoms. The molecule has 1 atom stereocenters. The van der Waals surface area contributed by atoms with Gasteiger partial charge in [-0.05, 0) is 48.9 Å². The van der Waals surface area contributed by atoms with Crippen LogP contribution in [-0.2, 0) is 9.84 Å². The second-order valence-electron chi connectivity index (χ2n) is 7.01. The Balaban J connectivity index is 1.53. The molecule has 1 unspecified atom stereocenters. The third-order valence-electron chi connectivity index (χ3n) is 4.89. The summed E-state index contributed by atoms with van der Waals surface area (Å²) in [6.45, 7) is 0. The third-order valence-corrected chi connectivity index (χ3v) is 7.51. The van der Waals surface area contributed by atoms with Gasteiger partial charge in [0.05, 0.1) is 16.4 Å².